The highest BCUT2D eigenvalue weighted by molar-refractivity contribution is 5.99. The molecule has 2 heterocycles. The Labute approximate surface area is 182 Å². The van der Waals surface area contributed by atoms with Crippen molar-refractivity contribution >= 4 is 5.78 Å². The van der Waals surface area contributed by atoms with Crippen molar-refractivity contribution in [2.45, 2.75) is 44.1 Å². The van der Waals surface area contributed by atoms with Gasteiger partial charge in [-0.1, -0.05) is 30.8 Å². The number of rotatable bonds is 6. The van der Waals surface area contributed by atoms with E-state index in [0.717, 1.165) is 59.4 Å². The largest absolute Gasteiger partial charge is 0.513 e. The molecule has 0 amide bonds. The lowest BCUT2D eigenvalue weighted by Crippen LogP contribution is -2.24. The first-order valence-corrected chi connectivity index (χ1v) is 11.1. The maximum absolute atomic E-state index is 13.1. The minimum atomic E-state index is -0.0649. The molecule has 3 aliphatic rings. The Hall–Kier alpha value is -2.79. The third-order valence-electron chi connectivity index (χ3n) is 6.70. The van der Waals surface area contributed by atoms with Crippen LogP contribution < -0.4 is 9.47 Å². The summed E-state index contributed by atoms with van der Waals surface area (Å²) >= 11 is 0. The van der Waals surface area contributed by atoms with Gasteiger partial charge in [0.1, 0.15) is 17.6 Å². The molecule has 1 N–H and O–H groups in total. The molecule has 31 heavy (non-hydrogen) atoms. The lowest BCUT2D eigenvalue weighted by atomic mass is 9.88. The number of aliphatic hydroxyl groups excluding tert-OH is 1. The zero-order chi connectivity index (χ0) is 21.4. The first-order valence-electron chi connectivity index (χ1n) is 11.1. The Morgan fingerprint density at radius 3 is 2.77 bits per heavy atom. The molecule has 2 aromatic carbocycles. The summed E-state index contributed by atoms with van der Waals surface area (Å²) in [6.45, 7) is 5.48. The number of carbonyl (C=O) groups is 1. The molecule has 0 bridgehead atoms. The second-order valence-corrected chi connectivity index (χ2v) is 8.75. The second kappa shape index (κ2) is 8.39. The van der Waals surface area contributed by atoms with E-state index in [0.29, 0.717) is 26.2 Å². The van der Waals surface area contributed by atoms with Gasteiger partial charge in [-0.15, -0.1) is 0 Å². The molecule has 5 nitrogen and oxygen atoms in total. The van der Waals surface area contributed by atoms with E-state index in [2.05, 4.69) is 12.6 Å². The van der Waals surface area contributed by atoms with E-state index in [1.54, 1.807) is 0 Å². The lowest BCUT2D eigenvalue weighted by Gasteiger charge is -2.22. The number of Topliss-reactive ketones (excluding diaryl/α,β-unsaturated/α-hetero) is 1. The van der Waals surface area contributed by atoms with Gasteiger partial charge in [0.25, 0.3) is 0 Å². The monoisotopic (exact) mass is 420 g/mol. The van der Waals surface area contributed by atoms with Crippen LogP contribution in [0.5, 0.6) is 11.5 Å². The van der Waals surface area contributed by atoms with Crippen molar-refractivity contribution in [2.24, 2.45) is 5.92 Å². The van der Waals surface area contributed by atoms with Gasteiger partial charge in [0.2, 0.25) is 0 Å². The summed E-state index contributed by atoms with van der Waals surface area (Å²) in [5.74, 6) is 2.20. The highest BCUT2D eigenvalue weighted by Crippen LogP contribution is 2.42. The molecular weight excluding hydrogens is 392 g/mol. The van der Waals surface area contributed by atoms with Crippen LogP contribution in [0, 0.1) is 5.92 Å². The van der Waals surface area contributed by atoms with Crippen LogP contribution in [0.4, 0.5) is 0 Å². The quantitative estimate of drug-likeness (QED) is 0.507. The highest BCUT2D eigenvalue weighted by Gasteiger charge is 2.32. The van der Waals surface area contributed by atoms with Crippen LogP contribution in [-0.4, -0.2) is 30.7 Å². The minimum absolute atomic E-state index is 0.0649. The van der Waals surface area contributed by atoms with Crippen LogP contribution in [0.2, 0.25) is 0 Å². The summed E-state index contributed by atoms with van der Waals surface area (Å²) in [5.41, 5.74) is 4.20. The fourth-order valence-corrected chi connectivity index (χ4v) is 5.10. The summed E-state index contributed by atoms with van der Waals surface area (Å²) in [7, 11) is 0. The van der Waals surface area contributed by atoms with E-state index in [4.69, 9.17) is 14.2 Å². The van der Waals surface area contributed by atoms with Gasteiger partial charge >= 0.3 is 0 Å². The van der Waals surface area contributed by atoms with E-state index >= 15 is 0 Å². The van der Waals surface area contributed by atoms with E-state index in [1.165, 1.54) is 0 Å². The molecule has 5 heteroatoms. The molecule has 2 aliphatic heterocycles. The summed E-state index contributed by atoms with van der Waals surface area (Å²) in [6.07, 6.45) is 3.77. The lowest BCUT2D eigenvalue weighted by molar-refractivity contribution is 0.0544. The van der Waals surface area contributed by atoms with Crippen molar-refractivity contribution in [3.8, 4) is 11.5 Å². The third-order valence-corrected chi connectivity index (χ3v) is 6.70. The Kier molecular flexibility index (Phi) is 5.45. The van der Waals surface area contributed by atoms with Gasteiger partial charge in [-0.2, -0.15) is 0 Å². The fraction of sp³-hybridized carbons (Fsp3) is 0.423. The first-order chi connectivity index (χ1) is 15.1. The Morgan fingerprint density at radius 1 is 1.13 bits per heavy atom. The number of hydrogen-bond donors (Lipinski definition) is 1. The molecule has 0 unspecified atom stereocenters. The van der Waals surface area contributed by atoms with E-state index in [1.807, 2.05) is 30.3 Å². The maximum atomic E-state index is 13.1. The molecule has 162 valence electrons. The Morgan fingerprint density at radius 2 is 1.97 bits per heavy atom. The number of ketones is 1. The van der Waals surface area contributed by atoms with E-state index in [-0.39, 0.29) is 29.5 Å². The normalized spacial score (nSPS) is 22.5. The van der Waals surface area contributed by atoms with Crippen LogP contribution in [0.15, 0.2) is 48.7 Å². The molecule has 0 spiro atoms. The van der Waals surface area contributed by atoms with Crippen LogP contribution >= 0.6 is 0 Å². The van der Waals surface area contributed by atoms with Crippen LogP contribution in [0.3, 0.4) is 0 Å². The number of ether oxygens (including phenoxy) is 3. The van der Waals surface area contributed by atoms with E-state index in [9.17, 15) is 9.90 Å². The number of allylic oxidation sites excluding steroid dienone is 1. The number of carbonyl (C=O) groups excluding carboxylic acids is 1. The Balaban J connectivity index is 1.33. The van der Waals surface area contributed by atoms with Crippen molar-refractivity contribution in [3.63, 3.8) is 0 Å². The molecular formula is C26H28O5. The zero-order valence-corrected chi connectivity index (χ0v) is 17.6. The van der Waals surface area contributed by atoms with Gasteiger partial charge in [0.15, 0.2) is 5.78 Å². The topological polar surface area (TPSA) is 65.0 Å². The predicted octanol–water partition coefficient (Wildman–Crippen LogP) is 5.30. The molecule has 2 aromatic rings. The van der Waals surface area contributed by atoms with Crippen molar-refractivity contribution in [2.75, 3.05) is 19.8 Å². The summed E-state index contributed by atoms with van der Waals surface area (Å²) < 4.78 is 17.6. The average molecular weight is 421 g/mol. The SMILES string of the molecule is C=C(O)C[C@@H]1COc2cc(O[C@@H]3CCc4c(C(=O)C5CCOCC5)cccc43)ccc21. The van der Waals surface area contributed by atoms with Crippen molar-refractivity contribution in [1.82, 2.24) is 0 Å². The average Bonchev–Trinajstić information content (AvgIpc) is 3.37. The van der Waals surface area contributed by atoms with Gasteiger partial charge < -0.3 is 19.3 Å². The van der Waals surface area contributed by atoms with Gasteiger partial charge in [-0.05, 0) is 42.9 Å². The van der Waals surface area contributed by atoms with Crippen molar-refractivity contribution < 1.29 is 24.1 Å². The number of benzene rings is 2. The van der Waals surface area contributed by atoms with Crippen LogP contribution in [-0.2, 0) is 11.2 Å². The van der Waals surface area contributed by atoms with Gasteiger partial charge in [-0.25, -0.2) is 0 Å². The predicted molar refractivity (Wildman–Crippen MR) is 117 cm³/mol. The van der Waals surface area contributed by atoms with E-state index < -0.39 is 0 Å². The van der Waals surface area contributed by atoms with Crippen LogP contribution in [0.1, 0.15) is 64.8 Å². The number of aliphatic hydroxyl groups is 1. The molecule has 0 aromatic heterocycles. The second-order valence-electron chi connectivity index (χ2n) is 8.75. The minimum Gasteiger partial charge on any atom is -0.513 e. The zero-order valence-electron chi connectivity index (χ0n) is 17.6. The van der Waals surface area contributed by atoms with Crippen molar-refractivity contribution in [3.05, 3.63) is 71.0 Å². The number of fused-ring (bicyclic) bond motifs is 2. The maximum Gasteiger partial charge on any atom is 0.166 e. The molecule has 1 saturated heterocycles. The molecule has 1 fully saturated rings. The first kappa shape index (κ1) is 20.1. The fourth-order valence-electron chi connectivity index (χ4n) is 5.10. The summed E-state index contributed by atoms with van der Waals surface area (Å²) in [6, 6.07) is 12.0. The number of hydrogen-bond acceptors (Lipinski definition) is 5. The summed E-state index contributed by atoms with van der Waals surface area (Å²) in [5, 5.41) is 9.52. The molecule has 0 radical (unpaired) electrons. The van der Waals surface area contributed by atoms with Gasteiger partial charge in [0.05, 0.1) is 12.4 Å². The Bertz CT molecular complexity index is 1000. The third kappa shape index (κ3) is 3.94. The van der Waals surface area contributed by atoms with Crippen molar-refractivity contribution in [1.29, 1.82) is 0 Å². The van der Waals surface area contributed by atoms with Gasteiger partial charge in [-0.3, -0.25) is 4.79 Å². The molecule has 5 rings (SSSR count). The molecule has 2 atom stereocenters. The standard InChI is InChI=1S/C26H28O5/c1-16(27)13-18-15-30-25-14-19(5-6-20(18)25)31-24-8-7-21-22(24)3-2-4-23(21)26(28)17-9-11-29-12-10-17/h2-6,14,17-18,24,27H,1,7-13,15H2/t18-,24-/m1/s1. The summed E-state index contributed by atoms with van der Waals surface area (Å²) in [4.78, 5) is 13.1. The highest BCUT2D eigenvalue weighted by atomic mass is 16.5. The smallest absolute Gasteiger partial charge is 0.166 e. The van der Waals surface area contributed by atoms with Crippen LogP contribution in [0.25, 0.3) is 0 Å². The van der Waals surface area contributed by atoms with Gasteiger partial charge in [0, 0.05) is 48.7 Å². The molecule has 0 saturated carbocycles. The molecule has 1 aliphatic carbocycles.